The van der Waals surface area contributed by atoms with Crippen LogP contribution in [0.15, 0.2) is 10.9 Å². The first-order chi connectivity index (χ1) is 9.74. The predicted octanol–water partition coefficient (Wildman–Crippen LogP) is 2.11. The Hall–Kier alpha value is -1.85. The number of nitrogens with zero attached hydrogens (tertiary/aromatic N) is 3. The lowest BCUT2D eigenvalue weighted by Gasteiger charge is -2.21. The number of aromatic amines is 1. The third kappa shape index (κ3) is 2.69. The molecule has 0 unspecified atom stereocenters. The zero-order chi connectivity index (χ0) is 13.9. The highest BCUT2D eigenvalue weighted by Crippen LogP contribution is 2.26. The van der Waals surface area contributed by atoms with E-state index in [1.807, 2.05) is 13.0 Å². The van der Waals surface area contributed by atoms with E-state index in [2.05, 4.69) is 20.5 Å². The van der Waals surface area contributed by atoms with Crippen LogP contribution in [0.3, 0.4) is 0 Å². The molecule has 0 atom stereocenters. The van der Waals surface area contributed by atoms with Gasteiger partial charge in [-0.05, 0) is 19.3 Å². The van der Waals surface area contributed by atoms with Crippen molar-refractivity contribution in [3.63, 3.8) is 0 Å². The van der Waals surface area contributed by atoms with Crippen LogP contribution >= 0.6 is 0 Å². The van der Waals surface area contributed by atoms with Crippen LogP contribution in [-0.2, 0) is 0 Å². The van der Waals surface area contributed by atoms with E-state index in [0.29, 0.717) is 11.5 Å². The molecule has 1 aliphatic carbocycles. The molecule has 1 aliphatic rings. The highest BCUT2D eigenvalue weighted by molar-refractivity contribution is 5.49. The lowest BCUT2D eigenvalue weighted by atomic mass is 9.87. The molecule has 2 aromatic heterocycles. The number of aromatic nitrogens is 4. The third-order valence-corrected chi connectivity index (χ3v) is 4.15. The smallest absolute Gasteiger partial charge is 0.349 e. The summed E-state index contributed by atoms with van der Waals surface area (Å²) in [6.07, 6.45) is 8.08. The molecule has 2 N–H and O–H groups in total. The summed E-state index contributed by atoms with van der Waals surface area (Å²) < 4.78 is 1.48. The summed E-state index contributed by atoms with van der Waals surface area (Å²) in [4.78, 5) is 15.9. The van der Waals surface area contributed by atoms with E-state index < -0.39 is 0 Å². The Morgan fingerprint density at radius 3 is 3.00 bits per heavy atom. The van der Waals surface area contributed by atoms with Gasteiger partial charge in [-0.25, -0.2) is 19.3 Å². The van der Waals surface area contributed by atoms with Crippen LogP contribution in [0.5, 0.6) is 0 Å². The molecular weight excluding hydrogens is 254 g/mol. The van der Waals surface area contributed by atoms with Crippen molar-refractivity contribution in [1.82, 2.24) is 19.6 Å². The van der Waals surface area contributed by atoms with Gasteiger partial charge < -0.3 is 5.32 Å². The van der Waals surface area contributed by atoms with Crippen LogP contribution in [0, 0.1) is 12.8 Å². The second-order valence-electron chi connectivity index (χ2n) is 5.63. The van der Waals surface area contributed by atoms with Gasteiger partial charge in [0, 0.05) is 12.6 Å². The fraction of sp³-hybridized carbons (Fsp3) is 0.643. The van der Waals surface area contributed by atoms with E-state index in [4.69, 9.17) is 0 Å². The Morgan fingerprint density at radius 2 is 2.20 bits per heavy atom. The standard InChI is InChI=1S/C14H21N5O/c1-10-16-12(9-13-17-18-14(20)19(10)13)15-8-7-11-5-3-2-4-6-11/h9,11,15H,2-8H2,1H3,(H,18,20). The molecule has 3 rings (SSSR count). The second-order valence-corrected chi connectivity index (χ2v) is 5.63. The maximum absolute atomic E-state index is 11.5. The largest absolute Gasteiger partial charge is 0.370 e. The maximum atomic E-state index is 11.5. The molecule has 0 radical (unpaired) electrons. The van der Waals surface area contributed by atoms with Crippen molar-refractivity contribution in [2.24, 2.45) is 5.92 Å². The molecule has 0 aromatic carbocycles. The monoisotopic (exact) mass is 275 g/mol. The van der Waals surface area contributed by atoms with Crippen molar-refractivity contribution in [3.8, 4) is 0 Å². The summed E-state index contributed by atoms with van der Waals surface area (Å²) in [7, 11) is 0. The molecule has 2 heterocycles. The number of nitrogens with one attached hydrogen (secondary N) is 2. The Kier molecular flexibility index (Phi) is 3.71. The molecule has 0 amide bonds. The normalized spacial score (nSPS) is 16.6. The fourth-order valence-electron chi connectivity index (χ4n) is 3.07. The number of hydrogen-bond acceptors (Lipinski definition) is 4. The SMILES string of the molecule is Cc1nc(NCCC2CCCCC2)cc2n[nH]c(=O)n12. The molecule has 0 aliphatic heterocycles. The molecular formula is C14H21N5O. The summed E-state index contributed by atoms with van der Waals surface area (Å²) in [6, 6.07) is 1.81. The van der Waals surface area contributed by atoms with Crippen LogP contribution < -0.4 is 11.0 Å². The molecule has 2 aromatic rings. The molecule has 20 heavy (non-hydrogen) atoms. The maximum Gasteiger partial charge on any atom is 0.349 e. The molecule has 1 fully saturated rings. The van der Waals surface area contributed by atoms with Gasteiger partial charge >= 0.3 is 5.69 Å². The number of aryl methyl sites for hydroxylation is 1. The van der Waals surface area contributed by atoms with Gasteiger partial charge in [-0.3, -0.25) is 0 Å². The van der Waals surface area contributed by atoms with Crippen molar-refractivity contribution in [2.45, 2.75) is 45.4 Å². The number of fused-ring (bicyclic) bond motifs is 1. The average molecular weight is 275 g/mol. The molecule has 0 bridgehead atoms. The van der Waals surface area contributed by atoms with E-state index >= 15 is 0 Å². The van der Waals surface area contributed by atoms with Gasteiger partial charge in [-0.1, -0.05) is 32.1 Å². The summed E-state index contributed by atoms with van der Waals surface area (Å²) in [5.74, 6) is 2.31. The second kappa shape index (κ2) is 5.64. The van der Waals surface area contributed by atoms with E-state index in [0.717, 1.165) is 18.3 Å². The van der Waals surface area contributed by atoms with E-state index in [1.165, 1.54) is 42.9 Å². The lowest BCUT2D eigenvalue weighted by Crippen LogP contribution is -2.15. The van der Waals surface area contributed by atoms with Gasteiger partial charge in [0.05, 0.1) is 0 Å². The van der Waals surface area contributed by atoms with Gasteiger partial charge in [-0.15, -0.1) is 0 Å². The van der Waals surface area contributed by atoms with E-state index in [9.17, 15) is 4.79 Å². The van der Waals surface area contributed by atoms with Gasteiger partial charge in [-0.2, -0.15) is 5.10 Å². The first-order valence-electron chi connectivity index (χ1n) is 7.43. The van der Waals surface area contributed by atoms with E-state index in [-0.39, 0.29) is 5.69 Å². The van der Waals surface area contributed by atoms with Crippen LogP contribution in [0.1, 0.15) is 44.3 Å². The fourth-order valence-corrected chi connectivity index (χ4v) is 3.07. The lowest BCUT2D eigenvalue weighted by molar-refractivity contribution is 0.345. The Morgan fingerprint density at radius 1 is 1.40 bits per heavy atom. The topological polar surface area (TPSA) is 75.1 Å². The number of anilines is 1. The summed E-state index contributed by atoms with van der Waals surface area (Å²) in [6.45, 7) is 2.75. The minimum absolute atomic E-state index is 0.237. The minimum atomic E-state index is -0.237. The number of rotatable bonds is 4. The van der Waals surface area contributed by atoms with Crippen molar-refractivity contribution < 1.29 is 0 Å². The quantitative estimate of drug-likeness (QED) is 0.896. The zero-order valence-electron chi connectivity index (χ0n) is 11.9. The average Bonchev–Trinajstić information content (AvgIpc) is 2.82. The predicted molar refractivity (Wildman–Crippen MR) is 78.0 cm³/mol. The van der Waals surface area contributed by atoms with Crippen molar-refractivity contribution in [2.75, 3.05) is 11.9 Å². The molecule has 0 spiro atoms. The van der Waals surface area contributed by atoms with Crippen LogP contribution in [-0.4, -0.2) is 26.1 Å². The highest BCUT2D eigenvalue weighted by Gasteiger charge is 2.13. The molecule has 108 valence electrons. The first-order valence-corrected chi connectivity index (χ1v) is 7.43. The van der Waals surface area contributed by atoms with Gasteiger partial charge in [0.2, 0.25) is 0 Å². The zero-order valence-corrected chi connectivity index (χ0v) is 11.9. The highest BCUT2D eigenvalue weighted by atomic mass is 16.1. The third-order valence-electron chi connectivity index (χ3n) is 4.15. The van der Waals surface area contributed by atoms with E-state index in [1.54, 1.807) is 0 Å². The van der Waals surface area contributed by atoms with Crippen LogP contribution in [0.25, 0.3) is 5.65 Å². The molecule has 0 saturated heterocycles. The minimum Gasteiger partial charge on any atom is -0.370 e. The Labute approximate surface area is 117 Å². The van der Waals surface area contributed by atoms with Gasteiger partial charge in [0.15, 0.2) is 5.65 Å². The number of hydrogen-bond donors (Lipinski definition) is 2. The summed E-state index contributed by atoms with van der Waals surface area (Å²) >= 11 is 0. The van der Waals surface area contributed by atoms with Gasteiger partial charge in [0.25, 0.3) is 0 Å². The number of H-pyrrole nitrogens is 1. The molecule has 1 saturated carbocycles. The van der Waals surface area contributed by atoms with Crippen LogP contribution in [0.2, 0.25) is 0 Å². The van der Waals surface area contributed by atoms with Crippen molar-refractivity contribution in [1.29, 1.82) is 0 Å². The molecule has 6 nitrogen and oxygen atoms in total. The first kappa shape index (κ1) is 13.1. The Bertz CT molecular complexity index is 639. The van der Waals surface area contributed by atoms with Crippen LogP contribution in [0.4, 0.5) is 5.82 Å². The van der Waals surface area contributed by atoms with Gasteiger partial charge in [0.1, 0.15) is 11.6 Å². The summed E-state index contributed by atoms with van der Waals surface area (Å²) in [5, 5.41) is 9.78. The van der Waals surface area contributed by atoms with Crippen molar-refractivity contribution in [3.05, 3.63) is 22.4 Å². The summed E-state index contributed by atoms with van der Waals surface area (Å²) in [5.41, 5.74) is 0.376. The Balaban J connectivity index is 1.64. The molecule has 6 heteroatoms. The van der Waals surface area contributed by atoms with Crippen molar-refractivity contribution >= 4 is 11.5 Å².